The molecule has 15 rings (SSSR count). The number of halogens is 2. The summed E-state index contributed by atoms with van der Waals surface area (Å²) in [6, 6.07) is 34.3. The molecule has 0 radical (unpaired) electrons. The summed E-state index contributed by atoms with van der Waals surface area (Å²) in [6.45, 7) is 58.9. The number of aryl methyl sites for hydroxylation is 5. The lowest BCUT2D eigenvalue weighted by Crippen LogP contribution is -2.60. The van der Waals surface area contributed by atoms with Crippen molar-refractivity contribution in [2.75, 3.05) is 58.9 Å². The largest absolute Gasteiger partial charge is 0.449 e. The molecule has 3 aliphatic rings. The summed E-state index contributed by atoms with van der Waals surface area (Å²) in [6.07, 6.45) is 0. The lowest BCUT2D eigenvalue weighted by Gasteiger charge is -2.47. The van der Waals surface area contributed by atoms with Gasteiger partial charge in [0.15, 0.2) is 45.7 Å². The van der Waals surface area contributed by atoms with Crippen LogP contribution in [0.5, 0.6) is 0 Å². The average Bonchev–Trinajstić information content (AvgIpc) is 1.63. The summed E-state index contributed by atoms with van der Waals surface area (Å²) in [5.41, 5.74) is 15.9. The summed E-state index contributed by atoms with van der Waals surface area (Å²) >= 11 is 6.10. The van der Waals surface area contributed by atoms with Crippen molar-refractivity contribution in [1.82, 2.24) is 84.9 Å². The van der Waals surface area contributed by atoms with E-state index < -0.39 is 16.6 Å². The van der Waals surface area contributed by atoms with Gasteiger partial charge in [-0.3, -0.25) is 29.7 Å². The number of amides is 3. The minimum Gasteiger partial charge on any atom is -0.449 e. The van der Waals surface area contributed by atoms with Crippen LogP contribution >= 0.6 is 11.6 Å². The zero-order valence-corrected chi connectivity index (χ0v) is 70.6. The number of pyridine rings is 3. The molecule has 3 N–H and O–H groups in total. The van der Waals surface area contributed by atoms with Crippen molar-refractivity contribution in [2.24, 2.45) is 0 Å². The molecule has 3 aromatic carbocycles. The molecular formula is C90H105ClFN17O6. The van der Waals surface area contributed by atoms with Gasteiger partial charge in [-0.15, -0.1) is 0 Å². The molecule has 600 valence electrons. The van der Waals surface area contributed by atoms with Gasteiger partial charge in [0.1, 0.15) is 39.7 Å². The van der Waals surface area contributed by atoms with Gasteiger partial charge in [0.25, 0.3) is 17.7 Å². The van der Waals surface area contributed by atoms with E-state index in [1.807, 2.05) is 85.7 Å². The number of hydrogen-bond acceptors (Lipinski definition) is 17. The summed E-state index contributed by atoms with van der Waals surface area (Å²) < 4.78 is 32.7. The number of carbonyl (C=O) groups excluding carboxylic acids is 3. The lowest BCUT2D eigenvalue weighted by molar-refractivity contribution is 0.0280. The molecular weight excluding hydrogens is 1470 g/mol. The predicted octanol–water partition coefficient (Wildman–Crippen LogP) is 18.3. The van der Waals surface area contributed by atoms with Crippen LogP contribution in [0.2, 0.25) is 5.02 Å². The second-order valence-corrected chi connectivity index (χ2v) is 36.0. The monoisotopic (exact) mass is 1570 g/mol. The number of hydrogen-bond donors (Lipinski definition) is 3. The molecule has 0 saturated carbocycles. The number of nitrogens with one attached hydrogen (secondary N) is 3. The predicted molar refractivity (Wildman–Crippen MR) is 452 cm³/mol. The number of furan rings is 3. The minimum atomic E-state index is -0.500. The van der Waals surface area contributed by atoms with Crippen LogP contribution in [0.15, 0.2) is 142 Å². The number of fused-ring (bicyclic) bond motifs is 3. The Morgan fingerprint density at radius 1 is 0.435 bits per heavy atom. The van der Waals surface area contributed by atoms with E-state index in [9.17, 15) is 18.8 Å². The molecule has 3 fully saturated rings. The molecule has 0 bridgehead atoms. The maximum absolute atomic E-state index is 13.9. The fourth-order valence-corrected chi connectivity index (χ4v) is 15.4. The smallest absolute Gasteiger partial charge is 0.290 e. The molecule has 3 amide bonds. The number of carbonyl (C=O) groups is 3. The SMILES string of the molecule is C=C(c1cc(C)[nH]n1)N1CCN(C(=O)c2cc3nc(-c4ccc(Cl)cc4)cc(C(C)(C)C)c3o2)C(C)(C)C1.C=C(c1n[nH]c(C)n1)N1CCN(C(=O)c2cc3nc(-c4ccc(C)cc4)cc(C(C)(C)C)c3o2)C(C)(C)C1.C=C(c1n[nH]c(C)n1)N1CCN(C(=O)c2cc3nc(-c4ccc(F)c(C)c4)cc(C(C)(C)C)c3o2)C(C)(C)C1. The Morgan fingerprint density at radius 3 is 1.10 bits per heavy atom. The quantitative estimate of drug-likeness (QED) is 0.103. The molecule has 0 spiro atoms. The maximum atomic E-state index is 13.9. The van der Waals surface area contributed by atoms with Crippen molar-refractivity contribution >= 4 is 79.7 Å². The third-order valence-corrected chi connectivity index (χ3v) is 22.0. The highest BCUT2D eigenvalue weighted by Gasteiger charge is 2.43. The van der Waals surface area contributed by atoms with Crippen LogP contribution in [0.25, 0.3) is 84.2 Å². The Labute approximate surface area is 676 Å². The fraction of sp³-hybridized carbons (Fsp3) is 0.389. The van der Waals surface area contributed by atoms with Crippen LogP contribution in [0.1, 0.15) is 198 Å². The van der Waals surface area contributed by atoms with Gasteiger partial charge in [0, 0.05) is 121 Å². The van der Waals surface area contributed by atoms with Crippen LogP contribution in [-0.2, 0) is 16.2 Å². The van der Waals surface area contributed by atoms with Gasteiger partial charge in [-0.25, -0.2) is 29.3 Å². The Bertz CT molecular complexity index is 5520. The highest BCUT2D eigenvalue weighted by atomic mass is 35.5. The first-order valence-electron chi connectivity index (χ1n) is 38.9. The molecule has 0 unspecified atom stereocenters. The van der Waals surface area contributed by atoms with Crippen molar-refractivity contribution in [3.63, 3.8) is 0 Å². The zero-order valence-electron chi connectivity index (χ0n) is 69.8. The Morgan fingerprint density at radius 2 is 0.783 bits per heavy atom. The van der Waals surface area contributed by atoms with Crippen LogP contribution < -0.4 is 0 Å². The number of aromatic amines is 3. The van der Waals surface area contributed by atoms with Crippen LogP contribution in [0.4, 0.5) is 4.39 Å². The minimum absolute atomic E-state index is 0.135. The van der Waals surface area contributed by atoms with Gasteiger partial charge in [-0.05, 0) is 153 Å². The number of aromatic nitrogens is 11. The summed E-state index contributed by atoms with van der Waals surface area (Å²) in [5, 5.41) is 22.2. The Kier molecular flexibility index (Phi) is 21.7. The van der Waals surface area contributed by atoms with E-state index in [0.29, 0.717) is 132 Å². The summed E-state index contributed by atoms with van der Waals surface area (Å²) in [4.78, 5) is 76.9. The van der Waals surface area contributed by atoms with E-state index >= 15 is 0 Å². The van der Waals surface area contributed by atoms with Gasteiger partial charge in [-0.2, -0.15) is 15.3 Å². The average molecular weight is 1580 g/mol. The lowest BCUT2D eigenvalue weighted by atomic mass is 9.86. The second-order valence-electron chi connectivity index (χ2n) is 35.6. The summed E-state index contributed by atoms with van der Waals surface area (Å²) in [7, 11) is 0. The van der Waals surface area contributed by atoms with E-state index in [1.165, 1.54) is 11.6 Å². The molecule has 12 heterocycles. The van der Waals surface area contributed by atoms with E-state index in [1.54, 1.807) is 37.3 Å². The van der Waals surface area contributed by atoms with Crippen molar-refractivity contribution in [3.8, 4) is 33.8 Å². The standard InChI is InChI=1S/C30H34ClN5O2.C30H35FN6O2.C30H36N6O2/c1-18-14-23(34-33-18)19(2)35-12-13-36(30(6,7)17-35)28(37)26-16-25-27(38-26)22(29(3,4)5)15-24(32-25)20-8-10-21(31)11-9-20;1-17-13-20(9-10-22(17)31)23-14-21(29(4,5)6)26-24(33-23)15-25(39-26)28(38)37-12-11-36(16-30(37,7)8)18(2)27-32-19(3)34-35-27;1-18-9-11-21(12-10-18)23-15-22(29(4,5)6)26-24(32-23)16-25(38-26)28(37)36-14-13-35(17-30(36,7)8)19(2)27-31-20(3)33-34-27/h8-11,14-16H,2,12-13,17H2,1,3-7H3,(H,33,34);9-10,13-15H,2,11-12,16H2,1,3-8H3,(H,32,34,35);9-12,15-16H,2,13-14,17H2,1,3-8H3,(H,31,33,34). The second kappa shape index (κ2) is 30.7. The number of benzene rings is 3. The zero-order chi connectivity index (χ0) is 83.1. The number of piperazine rings is 3. The Balaban J connectivity index is 0.000000150. The molecule has 0 atom stereocenters. The van der Waals surface area contributed by atoms with Crippen LogP contribution in [0.3, 0.4) is 0 Å². The van der Waals surface area contributed by atoms with Crippen molar-refractivity contribution in [3.05, 3.63) is 220 Å². The normalized spacial score (nSPS) is 15.7. The molecule has 3 aliphatic heterocycles. The van der Waals surface area contributed by atoms with Gasteiger partial charge >= 0.3 is 0 Å². The van der Waals surface area contributed by atoms with Crippen LogP contribution in [-0.4, -0.2) is 178 Å². The van der Waals surface area contributed by atoms with Crippen LogP contribution in [0, 0.1) is 40.4 Å². The van der Waals surface area contributed by atoms with Crippen molar-refractivity contribution in [1.29, 1.82) is 0 Å². The number of rotatable bonds is 12. The summed E-state index contributed by atoms with van der Waals surface area (Å²) in [5.74, 6) is 2.77. The molecule has 25 heteroatoms. The maximum Gasteiger partial charge on any atom is 0.290 e. The molecule has 23 nitrogen and oxygen atoms in total. The first-order chi connectivity index (χ1) is 53.9. The Hall–Kier alpha value is -11.5. The van der Waals surface area contributed by atoms with Crippen molar-refractivity contribution in [2.45, 2.75) is 171 Å². The van der Waals surface area contributed by atoms with E-state index in [4.69, 9.17) is 39.8 Å². The number of nitrogens with zero attached hydrogens (tertiary/aromatic N) is 14. The van der Waals surface area contributed by atoms with Gasteiger partial charge in [-0.1, -0.05) is 136 Å². The highest BCUT2D eigenvalue weighted by Crippen LogP contribution is 2.41. The third-order valence-electron chi connectivity index (χ3n) is 21.7. The molecule has 0 aliphatic carbocycles. The van der Waals surface area contributed by atoms with E-state index in [2.05, 4.69) is 208 Å². The van der Waals surface area contributed by atoms with Crippen molar-refractivity contribution < 1.29 is 32.0 Å². The fourth-order valence-electron chi connectivity index (χ4n) is 15.3. The number of H-pyrrole nitrogens is 3. The molecule has 12 aromatic rings. The first kappa shape index (κ1) is 81.5. The van der Waals surface area contributed by atoms with Gasteiger partial charge in [0.05, 0.1) is 50.8 Å². The van der Waals surface area contributed by atoms with E-state index in [-0.39, 0.29) is 45.5 Å². The first-order valence-corrected chi connectivity index (χ1v) is 39.3. The molecule has 9 aromatic heterocycles. The van der Waals surface area contributed by atoms with Gasteiger partial charge in [0.2, 0.25) is 0 Å². The topological polar surface area (TPSA) is 261 Å². The van der Waals surface area contributed by atoms with E-state index in [0.717, 1.165) is 84.9 Å². The third kappa shape index (κ3) is 17.0. The van der Waals surface area contributed by atoms with Gasteiger partial charge < -0.3 is 42.7 Å². The molecule has 3 saturated heterocycles. The molecule has 115 heavy (non-hydrogen) atoms. The highest BCUT2D eigenvalue weighted by molar-refractivity contribution is 6.30.